The summed E-state index contributed by atoms with van der Waals surface area (Å²) in [6.45, 7) is 6.77. The zero-order valence-electron chi connectivity index (χ0n) is 13.7. The molecule has 1 aliphatic rings. The van der Waals surface area contributed by atoms with Crippen LogP contribution in [0.15, 0.2) is 12.1 Å². The van der Waals surface area contributed by atoms with Crippen LogP contribution in [0, 0.1) is 5.41 Å². The monoisotopic (exact) mass is 326 g/mol. The van der Waals surface area contributed by atoms with Gasteiger partial charge in [0.2, 0.25) is 0 Å². The molecule has 2 rings (SSSR count). The van der Waals surface area contributed by atoms with E-state index in [2.05, 4.69) is 13.8 Å². The third-order valence-corrected chi connectivity index (χ3v) is 4.19. The van der Waals surface area contributed by atoms with Gasteiger partial charge in [-0.25, -0.2) is 4.79 Å². The summed E-state index contributed by atoms with van der Waals surface area (Å²) < 4.78 is 4.78. The molecule has 0 unspecified atom stereocenters. The maximum absolute atomic E-state index is 11.3. The summed E-state index contributed by atoms with van der Waals surface area (Å²) in [5.74, 6) is -0.496. The molecule has 124 valence electrons. The van der Waals surface area contributed by atoms with Crippen molar-refractivity contribution in [2.75, 3.05) is 18.1 Å². The van der Waals surface area contributed by atoms with Gasteiger partial charge in [0.1, 0.15) is 0 Å². The number of halogens is 1. The summed E-state index contributed by atoms with van der Waals surface area (Å²) in [6.07, 6.45) is 7.31. The first-order valence-corrected chi connectivity index (χ1v) is 8.16. The average Bonchev–Trinajstić information content (AvgIpc) is 2.43. The molecular formula is C17H27ClN2O2. The molecule has 0 spiro atoms. The first-order chi connectivity index (χ1) is 10.3. The molecule has 1 fully saturated rings. The quantitative estimate of drug-likeness (QED) is 0.612. The molecule has 0 saturated heterocycles. The molecule has 1 aliphatic carbocycles. The fourth-order valence-corrected chi connectivity index (χ4v) is 2.73. The maximum Gasteiger partial charge on any atom is 0.339 e. The lowest BCUT2D eigenvalue weighted by atomic mass is 9.78. The standard InChI is InChI=1S/C9H11ClN2O2.C8H16/c1-2-14-9(13)5-3-7(11)8(12)4-6(5)10;1-8(2)6-4-3-5-7-8/h3-4H,2,11-12H2,1H3;3-7H2,1-2H3. The first-order valence-electron chi connectivity index (χ1n) is 7.78. The number of nitrogens with two attached hydrogens (primary N) is 2. The van der Waals surface area contributed by atoms with Gasteiger partial charge in [-0.2, -0.15) is 0 Å². The van der Waals surface area contributed by atoms with Crippen molar-refractivity contribution < 1.29 is 9.53 Å². The lowest BCUT2D eigenvalue weighted by Crippen LogP contribution is -2.14. The molecule has 0 bridgehead atoms. The molecule has 0 radical (unpaired) electrons. The predicted octanol–water partition coefficient (Wildman–Crippen LogP) is 4.66. The fraction of sp³-hybridized carbons (Fsp3) is 0.588. The van der Waals surface area contributed by atoms with E-state index in [0.717, 1.165) is 0 Å². The van der Waals surface area contributed by atoms with E-state index in [0.29, 0.717) is 23.4 Å². The van der Waals surface area contributed by atoms with E-state index in [4.69, 9.17) is 27.8 Å². The Hall–Kier alpha value is -1.42. The van der Waals surface area contributed by atoms with Gasteiger partial charge in [0.25, 0.3) is 0 Å². The number of ether oxygens (including phenoxy) is 1. The minimum atomic E-state index is -0.496. The summed E-state index contributed by atoms with van der Waals surface area (Å²) in [5, 5.41) is 0.246. The third kappa shape index (κ3) is 5.76. The van der Waals surface area contributed by atoms with Crippen molar-refractivity contribution in [3.63, 3.8) is 0 Å². The van der Waals surface area contributed by atoms with Gasteiger partial charge < -0.3 is 16.2 Å². The van der Waals surface area contributed by atoms with Crippen molar-refractivity contribution in [1.82, 2.24) is 0 Å². The molecule has 4 N–H and O–H groups in total. The van der Waals surface area contributed by atoms with Crippen LogP contribution in [0.4, 0.5) is 11.4 Å². The summed E-state index contributed by atoms with van der Waals surface area (Å²) in [6, 6.07) is 2.85. The molecular weight excluding hydrogens is 300 g/mol. The Morgan fingerprint density at radius 2 is 1.73 bits per heavy atom. The fourth-order valence-electron chi connectivity index (χ4n) is 2.48. The van der Waals surface area contributed by atoms with Crippen LogP contribution in [0.1, 0.15) is 63.2 Å². The highest BCUT2D eigenvalue weighted by Gasteiger charge is 2.19. The normalized spacial score (nSPS) is 16.4. The van der Waals surface area contributed by atoms with Gasteiger partial charge >= 0.3 is 5.97 Å². The maximum atomic E-state index is 11.3. The molecule has 5 heteroatoms. The molecule has 0 atom stereocenters. The van der Waals surface area contributed by atoms with Crippen LogP contribution < -0.4 is 11.5 Å². The highest BCUT2D eigenvalue weighted by atomic mass is 35.5. The van der Waals surface area contributed by atoms with Gasteiger partial charge in [-0.05, 0) is 37.3 Å². The van der Waals surface area contributed by atoms with E-state index in [9.17, 15) is 4.79 Å². The number of hydrogen-bond donors (Lipinski definition) is 2. The van der Waals surface area contributed by atoms with Gasteiger partial charge in [0.15, 0.2) is 0 Å². The van der Waals surface area contributed by atoms with Crippen molar-refractivity contribution >= 4 is 28.9 Å². The van der Waals surface area contributed by atoms with Gasteiger partial charge in [0, 0.05) is 0 Å². The molecule has 4 nitrogen and oxygen atoms in total. The number of hydrogen-bond acceptors (Lipinski definition) is 4. The van der Waals surface area contributed by atoms with E-state index in [1.54, 1.807) is 6.92 Å². The number of benzene rings is 1. The van der Waals surface area contributed by atoms with Crippen molar-refractivity contribution in [1.29, 1.82) is 0 Å². The molecule has 1 aromatic rings. The number of esters is 1. The second kappa shape index (κ2) is 8.28. The molecule has 0 amide bonds. The van der Waals surface area contributed by atoms with E-state index in [-0.39, 0.29) is 10.6 Å². The summed E-state index contributed by atoms with van der Waals surface area (Å²) in [5.41, 5.74) is 12.6. The van der Waals surface area contributed by atoms with E-state index < -0.39 is 5.97 Å². The molecule has 1 aromatic carbocycles. The highest BCUT2D eigenvalue weighted by Crippen LogP contribution is 2.34. The van der Waals surface area contributed by atoms with Crippen LogP contribution in [0.5, 0.6) is 0 Å². The Labute approximate surface area is 138 Å². The smallest absolute Gasteiger partial charge is 0.339 e. The molecule has 0 aromatic heterocycles. The number of carbonyl (C=O) groups is 1. The zero-order valence-corrected chi connectivity index (χ0v) is 14.5. The average molecular weight is 327 g/mol. The van der Waals surface area contributed by atoms with Crippen LogP contribution in [0.25, 0.3) is 0 Å². The first kappa shape index (κ1) is 18.6. The Morgan fingerprint density at radius 3 is 2.18 bits per heavy atom. The number of anilines is 2. The van der Waals surface area contributed by atoms with Crippen LogP contribution in [-0.2, 0) is 4.74 Å². The van der Waals surface area contributed by atoms with Crippen LogP contribution >= 0.6 is 11.6 Å². The van der Waals surface area contributed by atoms with E-state index in [1.165, 1.54) is 44.2 Å². The Balaban J connectivity index is 0.000000255. The van der Waals surface area contributed by atoms with Crippen molar-refractivity contribution in [3.05, 3.63) is 22.7 Å². The molecule has 0 heterocycles. The number of rotatable bonds is 2. The van der Waals surface area contributed by atoms with Crippen molar-refractivity contribution in [2.24, 2.45) is 5.41 Å². The molecule has 1 saturated carbocycles. The minimum Gasteiger partial charge on any atom is -0.462 e. The van der Waals surface area contributed by atoms with Gasteiger partial charge in [-0.15, -0.1) is 0 Å². The highest BCUT2D eigenvalue weighted by molar-refractivity contribution is 6.34. The van der Waals surface area contributed by atoms with Crippen molar-refractivity contribution in [3.8, 4) is 0 Å². The predicted molar refractivity (Wildman–Crippen MR) is 93.1 cm³/mol. The SMILES string of the molecule is CC1(C)CCCCC1.CCOC(=O)c1cc(N)c(N)cc1Cl. The summed E-state index contributed by atoms with van der Waals surface area (Å²) >= 11 is 5.80. The molecule has 0 aliphatic heterocycles. The number of nitrogen functional groups attached to an aromatic ring is 2. The van der Waals surface area contributed by atoms with Crippen LogP contribution in [-0.4, -0.2) is 12.6 Å². The number of carbonyl (C=O) groups excluding carboxylic acids is 1. The second-order valence-electron chi connectivity index (χ2n) is 6.41. The van der Waals surface area contributed by atoms with Gasteiger partial charge in [-0.1, -0.05) is 44.7 Å². The Bertz CT molecular complexity index is 508. The molecule has 22 heavy (non-hydrogen) atoms. The van der Waals surface area contributed by atoms with E-state index >= 15 is 0 Å². The zero-order chi connectivity index (χ0) is 16.8. The lowest BCUT2D eigenvalue weighted by Gasteiger charge is -2.28. The second-order valence-corrected chi connectivity index (χ2v) is 6.81. The Kier molecular flexibility index (Phi) is 7.01. The Morgan fingerprint density at radius 1 is 1.18 bits per heavy atom. The van der Waals surface area contributed by atoms with Gasteiger partial charge in [0.05, 0.1) is 28.6 Å². The van der Waals surface area contributed by atoms with Crippen molar-refractivity contribution in [2.45, 2.75) is 52.9 Å². The third-order valence-electron chi connectivity index (χ3n) is 3.88. The summed E-state index contributed by atoms with van der Waals surface area (Å²) in [4.78, 5) is 11.3. The van der Waals surface area contributed by atoms with E-state index in [1.807, 2.05) is 0 Å². The van der Waals surface area contributed by atoms with Crippen LogP contribution in [0.2, 0.25) is 5.02 Å². The minimum absolute atomic E-state index is 0.236. The largest absolute Gasteiger partial charge is 0.462 e. The topological polar surface area (TPSA) is 78.3 Å². The lowest BCUT2D eigenvalue weighted by molar-refractivity contribution is 0.0526. The summed E-state index contributed by atoms with van der Waals surface area (Å²) in [7, 11) is 0. The van der Waals surface area contributed by atoms with Gasteiger partial charge in [-0.3, -0.25) is 0 Å². The van der Waals surface area contributed by atoms with Crippen LogP contribution in [0.3, 0.4) is 0 Å².